The van der Waals surface area contributed by atoms with Crippen LogP contribution < -0.4 is 9.62 Å². The molecule has 1 saturated heterocycles. The molecule has 0 atom stereocenters. The number of rotatable bonds is 4. The lowest BCUT2D eigenvalue weighted by Gasteiger charge is -2.28. The molecule has 5 rings (SSSR count). The maximum atomic E-state index is 13.1. The zero-order chi connectivity index (χ0) is 24.6. The Morgan fingerprint density at radius 1 is 1.09 bits per heavy atom. The second kappa shape index (κ2) is 9.30. The minimum absolute atomic E-state index is 0.239. The lowest BCUT2D eigenvalue weighted by atomic mass is 10.0. The van der Waals surface area contributed by atoms with Gasteiger partial charge in [-0.2, -0.15) is 0 Å². The number of aryl methyl sites for hydroxylation is 1. The third-order valence-electron chi connectivity index (χ3n) is 5.90. The van der Waals surface area contributed by atoms with E-state index in [0.29, 0.717) is 39.7 Å². The van der Waals surface area contributed by atoms with Gasteiger partial charge in [0.2, 0.25) is 0 Å². The quantitative estimate of drug-likeness (QED) is 0.408. The van der Waals surface area contributed by atoms with Gasteiger partial charge in [-0.1, -0.05) is 35.9 Å². The highest BCUT2D eigenvalue weighted by Crippen LogP contribution is 2.34. The van der Waals surface area contributed by atoms with Gasteiger partial charge in [-0.15, -0.1) is 0 Å². The van der Waals surface area contributed by atoms with E-state index in [1.165, 1.54) is 4.31 Å². The average molecular weight is 508 g/mol. The van der Waals surface area contributed by atoms with E-state index in [0.717, 1.165) is 16.5 Å². The van der Waals surface area contributed by atoms with E-state index in [1.54, 1.807) is 49.5 Å². The summed E-state index contributed by atoms with van der Waals surface area (Å²) < 4.78 is 31.0. The lowest BCUT2D eigenvalue weighted by Crippen LogP contribution is -2.41. The minimum Gasteiger partial charge on any atom is -0.362 e. The van der Waals surface area contributed by atoms with E-state index in [1.807, 2.05) is 30.3 Å². The van der Waals surface area contributed by atoms with Gasteiger partial charge in [-0.05, 0) is 60.3 Å². The Hall–Kier alpha value is -3.46. The number of fused-ring (bicyclic) bond motifs is 1. The van der Waals surface area contributed by atoms with Gasteiger partial charge in [0.1, 0.15) is 0 Å². The first-order valence-corrected chi connectivity index (χ1v) is 13.0. The van der Waals surface area contributed by atoms with Crippen LogP contribution in [0.4, 0.5) is 11.4 Å². The molecular weight excluding hydrogens is 486 g/mol. The number of halogens is 1. The third-order valence-corrected chi connectivity index (χ3v) is 7.76. The van der Waals surface area contributed by atoms with Gasteiger partial charge in [0.05, 0.1) is 29.6 Å². The number of amides is 1. The number of pyridine rings is 1. The SMILES string of the molecule is Cc1cc(N2CCOCS2(=O)=O)ccc1C(=O)Nc1ccc(Cl)c(-c2nccc3ccccc23)c1. The van der Waals surface area contributed by atoms with Crippen LogP contribution in [0.5, 0.6) is 0 Å². The summed E-state index contributed by atoms with van der Waals surface area (Å²) in [5.74, 6) is -0.656. The van der Waals surface area contributed by atoms with Crippen LogP contribution in [0.1, 0.15) is 15.9 Å². The zero-order valence-electron chi connectivity index (χ0n) is 18.9. The summed E-state index contributed by atoms with van der Waals surface area (Å²) in [6, 6.07) is 20.1. The van der Waals surface area contributed by atoms with Crippen molar-refractivity contribution in [1.82, 2.24) is 4.98 Å². The van der Waals surface area contributed by atoms with Crippen LogP contribution in [0.3, 0.4) is 0 Å². The number of sulfonamides is 1. The number of nitrogens with one attached hydrogen (secondary N) is 1. The molecule has 1 amide bonds. The summed E-state index contributed by atoms with van der Waals surface area (Å²) in [6.45, 7) is 2.34. The molecule has 0 bridgehead atoms. The van der Waals surface area contributed by atoms with Crippen molar-refractivity contribution in [3.8, 4) is 11.3 Å². The van der Waals surface area contributed by atoms with Crippen molar-refractivity contribution < 1.29 is 17.9 Å². The van der Waals surface area contributed by atoms with Crippen molar-refractivity contribution in [1.29, 1.82) is 0 Å². The fourth-order valence-electron chi connectivity index (χ4n) is 4.18. The molecule has 0 spiro atoms. The van der Waals surface area contributed by atoms with Crippen LogP contribution in [0, 0.1) is 6.92 Å². The van der Waals surface area contributed by atoms with Gasteiger partial charge in [0.15, 0.2) is 5.94 Å². The highest BCUT2D eigenvalue weighted by molar-refractivity contribution is 7.92. The number of carbonyl (C=O) groups excluding carboxylic acids is 1. The molecule has 0 radical (unpaired) electrons. The Labute approximate surface area is 208 Å². The fraction of sp³-hybridized carbons (Fsp3) is 0.154. The molecule has 0 saturated carbocycles. The molecule has 1 aromatic heterocycles. The van der Waals surface area contributed by atoms with E-state index in [2.05, 4.69) is 10.3 Å². The number of carbonyl (C=O) groups is 1. The Kier molecular flexibility index (Phi) is 6.19. The topological polar surface area (TPSA) is 88.6 Å². The van der Waals surface area contributed by atoms with E-state index >= 15 is 0 Å². The molecule has 1 fully saturated rings. The van der Waals surface area contributed by atoms with Gasteiger partial charge >= 0.3 is 0 Å². The summed E-state index contributed by atoms with van der Waals surface area (Å²) >= 11 is 6.51. The third kappa shape index (κ3) is 4.60. The van der Waals surface area contributed by atoms with Gasteiger partial charge in [-0.3, -0.25) is 14.1 Å². The lowest BCUT2D eigenvalue weighted by molar-refractivity contribution is 0.102. The summed E-state index contributed by atoms with van der Waals surface area (Å²) in [4.78, 5) is 17.6. The number of ether oxygens (including phenoxy) is 1. The van der Waals surface area contributed by atoms with Crippen molar-refractivity contribution in [2.24, 2.45) is 0 Å². The Balaban J connectivity index is 1.43. The van der Waals surface area contributed by atoms with Crippen molar-refractivity contribution >= 4 is 49.7 Å². The number of anilines is 2. The number of hydrogen-bond donors (Lipinski definition) is 1. The molecule has 1 aliphatic rings. The summed E-state index contributed by atoms with van der Waals surface area (Å²) in [7, 11) is -3.53. The molecule has 7 nitrogen and oxygen atoms in total. The van der Waals surface area contributed by atoms with Gasteiger partial charge < -0.3 is 10.1 Å². The van der Waals surface area contributed by atoms with E-state index in [-0.39, 0.29) is 18.4 Å². The predicted octanol–water partition coefficient (Wildman–Crippen LogP) is 5.24. The number of benzene rings is 3. The van der Waals surface area contributed by atoms with Crippen molar-refractivity contribution in [3.63, 3.8) is 0 Å². The Bertz CT molecular complexity index is 1550. The highest BCUT2D eigenvalue weighted by Gasteiger charge is 2.27. The average Bonchev–Trinajstić information content (AvgIpc) is 2.84. The zero-order valence-corrected chi connectivity index (χ0v) is 20.4. The van der Waals surface area contributed by atoms with Crippen LogP contribution in [0.25, 0.3) is 22.0 Å². The molecular formula is C26H22ClN3O4S. The van der Waals surface area contributed by atoms with Gasteiger partial charge in [0, 0.05) is 28.4 Å². The number of aromatic nitrogens is 1. The second-order valence-corrected chi connectivity index (χ2v) is 10.5. The summed E-state index contributed by atoms with van der Waals surface area (Å²) in [6.07, 6.45) is 1.73. The molecule has 9 heteroatoms. The highest BCUT2D eigenvalue weighted by atomic mass is 35.5. The molecule has 178 valence electrons. The van der Waals surface area contributed by atoms with E-state index in [9.17, 15) is 13.2 Å². The maximum absolute atomic E-state index is 13.1. The largest absolute Gasteiger partial charge is 0.362 e. The van der Waals surface area contributed by atoms with Crippen molar-refractivity contribution in [2.45, 2.75) is 6.92 Å². The predicted molar refractivity (Wildman–Crippen MR) is 138 cm³/mol. The molecule has 0 unspecified atom stereocenters. The molecule has 1 N–H and O–H groups in total. The van der Waals surface area contributed by atoms with Crippen LogP contribution in [0.15, 0.2) is 72.9 Å². The minimum atomic E-state index is -3.53. The Morgan fingerprint density at radius 2 is 1.91 bits per heavy atom. The van der Waals surface area contributed by atoms with Crippen LogP contribution in [-0.4, -0.2) is 38.4 Å². The van der Waals surface area contributed by atoms with Crippen LogP contribution in [0.2, 0.25) is 5.02 Å². The normalized spacial score (nSPS) is 15.2. The standard InChI is InChI=1S/C26H22ClN3O4S/c1-17-14-20(30-12-13-34-16-35(30,32)33)7-8-21(17)26(31)29-19-6-9-24(27)23(15-19)25-22-5-3-2-4-18(22)10-11-28-25/h2-11,14-15H,12-13,16H2,1H3,(H,29,31). The van der Waals surface area contributed by atoms with E-state index in [4.69, 9.17) is 16.3 Å². The number of hydrogen-bond acceptors (Lipinski definition) is 5. The molecule has 2 heterocycles. The molecule has 0 aliphatic carbocycles. The summed E-state index contributed by atoms with van der Waals surface area (Å²) in [5.41, 5.74) is 3.63. The maximum Gasteiger partial charge on any atom is 0.259 e. The first-order chi connectivity index (χ1) is 16.8. The van der Waals surface area contributed by atoms with Crippen LogP contribution >= 0.6 is 11.6 Å². The van der Waals surface area contributed by atoms with Crippen LogP contribution in [-0.2, 0) is 14.8 Å². The first kappa shape index (κ1) is 23.3. The van der Waals surface area contributed by atoms with E-state index < -0.39 is 10.0 Å². The molecule has 3 aromatic carbocycles. The smallest absolute Gasteiger partial charge is 0.259 e. The molecule has 35 heavy (non-hydrogen) atoms. The number of nitrogens with zero attached hydrogens (tertiary/aromatic N) is 2. The first-order valence-electron chi connectivity index (χ1n) is 11.0. The molecule has 4 aromatic rings. The monoisotopic (exact) mass is 507 g/mol. The summed E-state index contributed by atoms with van der Waals surface area (Å²) in [5, 5.41) is 5.45. The van der Waals surface area contributed by atoms with Gasteiger partial charge in [-0.25, -0.2) is 8.42 Å². The Morgan fingerprint density at radius 3 is 2.71 bits per heavy atom. The fourth-order valence-corrected chi connectivity index (χ4v) is 5.63. The van der Waals surface area contributed by atoms with Crippen molar-refractivity contribution in [3.05, 3.63) is 89.1 Å². The second-order valence-electron chi connectivity index (χ2n) is 8.24. The van der Waals surface area contributed by atoms with Gasteiger partial charge in [0.25, 0.3) is 15.9 Å². The van der Waals surface area contributed by atoms with Crippen molar-refractivity contribution in [2.75, 3.05) is 28.7 Å². The molecule has 1 aliphatic heterocycles.